The lowest BCUT2D eigenvalue weighted by Crippen LogP contribution is -2.48. The van der Waals surface area contributed by atoms with Gasteiger partial charge in [0.05, 0.1) is 11.8 Å². The minimum absolute atomic E-state index is 0.0149. The maximum absolute atomic E-state index is 14.3. The van der Waals surface area contributed by atoms with Crippen molar-refractivity contribution in [1.29, 1.82) is 0 Å². The fourth-order valence-corrected chi connectivity index (χ4v) is 5.99. The Morgan fingerprint density at radius 1 is 1.12 bits per heavy atom. The van der Waals surface area contributed by atoms with Crippen LogP contribution in [0.5, 0.6) is 5.88 Å². The molecule has 1 aromatic heterocycles. The maximum Gasteiger partial charge on any atom is 0.411 e. The average molecular weight is 589 g/mol. The molecule has 3 fully saturated rings. The first-order valence-corrected chi connectivity index (χ1v) is 15.1. The Bertz CT molecular complexity index is 1500. The summed E-state index contributed by atoms with van der Waals surface area (Å²) in [6.07, 6.45) is 4.87. The van der Waals surface area contributed by atoms with E-state index < -0.39 is 56.7 Å². The smallest absolute Gasteiger partial charge is 0.411 e. The lowest BCUT2D eigenvalue weighted by Gasteiger charge is -2.30. The molecule has 2 heterocycles. The van der Waals surface area contributed by atoms with Crippen molar-refractivity contribution in [3.63, 3.8) is 0 Å². The van der Waals surface area contributed by atoms with Gasteiger partial charge >= 0.3 is 6.09 Å². The Labute approximate surface area is 237 Å². The van der Waals surface area contributed by atoms with Crippen LogP contribution in [0.15, 0.2) is 42.7 Å². The van der Waals surface area contributed by atoms with Crippen molar-refractivity contribution in [3.05, 3.63) is 48.6 Å². The molecular formula is C28H33FN4O7S. The Morgan fingerprint density at radius 3 is 2.51 bits per heavy atom. The summed E-state index contributed by atoms with van der Waals surface area (Å²) in [6.45, 7) is 5.16. The van der Waals surface area contributed by atoms with Gasteiger partial charge in [-0.05, 0) is 64.7 Å². The minimum atomic E-state index is -3.74. The molecule has 3 amide bonds. The zero-order valence-electron chi connectivity index (χ0n) is 23.1. The summed E-state index contributed by atoms with van der Waals surface area (Å²) in [5.41, 5.74) is -0.820. The van der Waals surface area contributed by atoms with Crippen molar-refractivity contribution in [2.75, 3.05) is 6.54 Å². The van der Waals surface area contributed by atoms with Crippen LogP contribution < -0.4 is 9.46 Å². The number of hydrogen-bond donors (Lipinski definition) is 1. The second kappa shape index (κ2) is 10.9. The summed E-state index contributed by atoms with van der Waals surface area (Å²) >= 11 is 0. The van der Waals surface area contributed by atoms with Crippen LogP contribution >= 0.6 is 0 Å². The van der Waals surface area contributed by atoms with Crippen molar-refractivity contribution < 1.29 is 36.7 Å². The molecule has 2 unspecified atom stereocenters. The van der Waals surface area contributed by atoms with E-state index in [1.165, 1.54) is 34.3 Å². The van der Waals surface area contributed by atoms with E-state index in [2.05, 4.69) is 4.98 Å². The number of rotatable bonds is 8. The molecule has 2 atom stereocenters. The number of nitrogens with one attached hydrogen (secondary N) is 1. The van der Waals surface area contributed by atoms with E-state index in [1.54, 1.807) is 32.9 Å². The van der Waals surface area contributed by atoms with Crippen LogP contribution in [0.2, 0.25) is 0 Å². The largest absolute Gasteiger partial charge is 0.472 e. The predicted octanol–water partition coefficient (Wildman–Crippen LogP) is 3.24. The monoisotopic (exact) mass is 588 g/mol. The lowest BCUT2D eigenvalue weighted by molar-refractivity contribution is -0.133. The van der Waals surface area contributed by atoms with Crippen molar-refractivity contribution in [1.82, 2.24) is 19.5 Å². The molecule has 0 radical (unpaired) electrons. The number of sulfonamides is 1. The van der Waals surface area contributed by atoms with Gasteiger partial charge in [0, 0.05) is 41.7 Å². The van der Waals surface area contributed by atoms with E-state index in [1.807, 2.05) is 4.72 Å². The molecule has 0 bridgehead atoms. The van der Waals surface area contributed by atoms with Crippen molar-refractivity contribution in [2.45, 2.75) is 81.9 Å². The van der Waals surface area contributed by atoms with Gasteiger partial charge in [-0.2, -0.15) is 0 Å². The molecule has 0 spiro atoms. The van der Waals surface area contributed by atoms with Gasteiger partial charge in [0.2, 0.25) is 21.8 Å². The highest BCUT2D eigenvalue weighted by Gasteiger charge is 2.46. The highest BCUT2D eigenvalue weighted by molar-refractivity contribution is 7.91. The zero-order chi connectivity index (χ0) is 29.5. The topological polar surface area (TPSA) is 135 Å². The molecule has 13 heteroatoms. The van der Waals surface area contributed by atoms with E-state index in [-0.39, 0.29) is 24.9 Å². The number of benzene rings is 1. The molecule has 2 saturated carbocycles. The first-order valence-electron chi connectivity index (χ1n) is 13.6. The average Bonchev–Trinajstić information content (AvgIpc) is 3.81. The number of hydrogen-bond acceptors (Lipinski definition) is 8. The summed E-state index contributed by atoms with van der Waals surface area (Å²) in [4.78, 5) is 46.3. The van der Waals surface area contributed by atoms with E-state index in [0.29, 0.717) is 36.5 Å². The Kier molecular flexibility index (Phi) is 7.66. The minimum Gasteiger partial charge on any atom is -0.472 e. The fraction of sp³-hybridized carbons (Fsp3) is 0.500. The van der Waals surface area contributed by atoms with Gasteiger partial charge in [-0.15, -0.1) is 0 Å². The number of likely N-dealkylation sites (tertiary alicyclic amines) is 1. The van der Waals surface area contributed by atoms with Crippen LogP contribution in [0, 0.1) is 5.82 Å². The number of amides is 3. The molecule has 3 aliphatic rings. The molecule has 11 nitrogen and oxygen atoms in total. The van der Waals surface area contributed by atoms with Crippen LogP contribution in [0.3, 0.4) is 0 Å². The van der Waals surface area contributed by atoms with Gasteiger partial charge in [-0.1, -0.05) is 6.07 Å². The molecule has 1 saturated heterocycles. The molecule has 1 aliphatic heterocycles. The summed E-state index contributed by atoms with van der Waals surface area (Å²) in [6, 6.07) is 4.93. The second-order valence-electron chi connectivity index (χ2n) is 11.6. The predicted molar refractivity (Wildman–Crippen MR) is 147 cm³/mol. The third kappa shape index (κ3) is 6.77. The lowest BCUT2D eigenvalue weighted by atomic mass is 10.1. The number of nitrogens with zero attached hydrogens (tertiary/aromatic N) is 3. The number of fused-ring (bicyclic) bond motifs is 1. The third-order valence-corrected chi connectivity index (χ3v) is 8.79. The maximum atomic E-state index is 14.3. The zero-order valence-corrected chi connectivity index (χ0v) is 23.9. The normalized spacial score (nSPS) is 21.2. The molecule has 1 N–H and O–H groups in total. The van der Waals surface area contributed by atoms with Crippen LogP contribution in [0.25, 0.3) is 10.8 Å². The number of halogens is 1. The molecule has 220 valence electrons. The van der Waals surface area contributed by atoms with Crippen LogP contribution in [0.1, 0.15) is 52.9 Å². The Hall–Kier alpha value is -3.74. The summed E-state index contributed by atoms with van der Waals surface area (Å²) < 4.78 is 52.3. The van der Waals surface area contributed by atoms with Gasteiger partial charge in [-0.25, -0.2) is 27.3 Å². The molecule has 5 rings (SSSR count). The van der Waals surface area contributed by atoms with E-state index in [0.717, 1.165) is 6.08 Å². The molecule has 2 aliphatic carbocycles. The standard InChI is InChI=1S/C28H33FN4O7S/c1-28(2,3)40-27(36)33-16-18(39-25-21-5-4-6-22(29)20(21)11-13-30-25)15-23(33)26(35)32(17-7-8-17)14-12-24(34)31-41(37,38)19-9-10-19/h4-6,11-14,17-19,23H,7-10,15-16H2,1-3H3,(H,31,34). The SMILES string of the molecule is CC(C)(C)OC(=O)N1CC(Oc2nccc3c(F)cccc23)CC1C(=O)N(C=CC(=O)NS(=O)(=O)C1CC1)C1CC1. The highest BCUT2D eigenvalue weighted by atomic mass is 32.2. The van der Waals surface area contributed by atoms with E-state index >= 15 is 0 Å². The molecular weight excluding hydrogens is 555 g/mol. The van der Waals surface area contributed by atoms with Gasteiger partial charge in [0.1, 0.15) is 23.6 Å². The Morgan fingerprint density at radius 2 is 1.85 bits per heavy atom. The number of pyridine rings is 1. The van der Waals surface area contributed by atoms with E-state index in [4.69, 9.17) is 9.47 Å². The van der Waals surface area contributed by atoms with Crippen LogP contribution in [-0.4, -0.2) is 76.7 Å². The van der Waals surface area contributed by atoms with Gasteiger partial charge in [-0.3, -0.25) is 14.5 Å². The van der Waals surface area contributed by atoms with Crippen LogP contribution in [0.4, 0.5) is 9.18 Å². The van der Waals surface area contributed by atoms with Crippen molar-refractivity contribution >= 4 is 38.7 Å². The highest BCUT2D eigenvalue weighted by Crippen LogP contribution is 2.33. The molecule has 1 aromatic carbocycles. The summed E-state index contributed by atoms with van der Waals surface area (Å²) in [7, 11) is -3.74. The van der Waals surface area contributed by atoms with Gasteiger partial charge in [0.25, 0.3) is 5.91 Å². The number of carbonyl (C=O) groups is 3. The number of ether oxygens (including phenoxy) is 2. The second-order valence-corrected chi connectivity index (χ2v) is 13.5. The molecule has 2 aromatic rings. The third-order valence-electron chi connectivity index (χ3n) is 6.96. The van der Waals surface area contributed by atoms with E-state index in [9.17, 15) is 27.2 Å². The van der Waals surface area contributed by atoms with Crippen molar-refractivity contribution in [3.8, 4) is 5.88 Å². The summed E-state index contributed by atoms with van der Waals surface area (Å²) in [5, 5.41) is 0.228. The van der Waals surface area contributed by atoms with Crippen molar-refractivity contribution in [2.24, 2.45) is 0 Å². The quantitative estimate of drug-likeness (QED) is 0.465. The number of aromatic nitrogens is 1. The first kappa shape index (κ1) is 28.8. The van der Waals surface area contributed by atoms with Gasteiger partial charge < -0.3 is 14.4 Å². The van der Waals surface area contributed by atoms with Gasteiger partial charge in [0.15, 0.2) is 0 Å². The first-order chi connectivity index (χ1) is 19.3. The Balaban J connectivity index is 1.36. The summed E-state index contributed by atoms with van der Waals surface area (Å²) in [5.74, 6) is -1.54. The number of carbonyl (C=O) groups excluding carboxylic acids is 3. The fourth-order valence-electron chi connectivity index (χ4n) is 4.72. The van der Waals surface area contributed by atoms with Crippen LogP contribution in [-0.2, 0) is 24.3 Å². The molecule has 41 heavy (non-hydrogen) atoms.